The van der Waals surface area contributed by atoms with Gasteiger partial charge in [0.25, 0.3) is 11.1 Å². The van der Waals surface area contributed by atoms with Gasteiger partial charge in [0, 0.05) is 0 Å². The maximum absolute atomic E-state index is 14.9. The van der Waals surface area contributed by atoms with Gasteiger partial charge in [0.2, 0.25) is 0 Å². The fraction of sp³-hybridized carbons (Fsp3) is 0.186. The van der Waals surface area contributed by atoms with Crippen LogP contribution in [0.1, 0.15) is 34.3 Å². The largest absolute Gasteiger partial charge is 0.497 e. The maximum atomic E-state index is 14.9. The number of aldehydes is 2. The van der Waals surface area contributed by atoms with Crippen LogP contribution < -0.4 is 41.4 Å². The monoisotopic (exact) mass is 783 g/mol. The molecule has 3 aromatic heterocycles. The fourth-order valence-corrected chi connectivity index (χ4v) is 7.15. The van der Waals surface area contributed by atoms with Crippen LogP contribution in [0.4, 0.5) is 0 Å². The predicted octanol–water partition coefficient (Wildman–Crippen LogP) is 3.74. The molecule has 0 spiro atoms. The second kappa shape index (κ2) is 16.3. The van der Waals surface area contributed by atoms with Gasteiger partial charge in [0.05, 0.1) is 64.4 Å². The molecule has 7 rings (SSSR count). The molecule has 0 unspecified atom stereocenters. The smallest absolute Gasteiger partial charge is 0.333 e. The highest BCUT2D eigenvalue weighted by atomic mass is 16.5. The number of benzene rings is 4. The summed E-state index contributed by atoms with van der Waals surface area (Å²) in [6.45, 7) is -1.06. The van der Waals surface area contributed by atoms with Crippen molar-refractivity contribution < 1.29 is 28.5 Å². The number of carbonyl (C=O) groups excluding carboxylic acids is 2. The van der Waals surface area contributed by atoms with Crippen molar-refractivity contribution >= 4 is 34.6 Å². The van der Waals surface area contributed by atoms with Crippen LogP contribution in [-0.2, 0) is 22.7 Å². The van der Waals surface area contributed by atoms with Crippen LogP contribution in [0.3, 0.4) is 0 Å². The first kappa shape index (κ1) is 38.7. The molecule has 0 aliphatic heterocycles. The molecule has 0 aliphatic rings. The van der Waals surface area contributed by atoms with E-state index in [4.69, 9.17) is 18.9 Å². The molecule has 0 atom stereocenters. The third-order valence-corrected chi connectivity index (χ3v) is 10.0. The molecule has 0 radical (unpaired) electrons. The number of methoxy groups -OCH3 is 4. The Morgan fingerprint density at radius 2 is 0.759 bits per heavy atom. The van der Waals surface area contributed by atoms with E-state index in [0.29, 0.717) is 57.8 Å². The number of pyridine rings is 1. The van der Waals surface area contributed by atoms with Crippen molar-refractivity contribution in [2.45, 2.75) is 25.2 Å². The van der Waals surface area contributed by atoms with Gasteiger partial charge in [-0.1, -0.05) is 48.5 Å². The topological polar surface area (TPSA) is 172 Å². The van der Waals surface area contributed by atoms with Crippen molar-refractivity contribution in [1.82, 2.24) is 23.3 Å². The Bertz CT molecular complexity index is 2610. The molecule has 3 heterocycles. The predicted molar refractivity (Wildman–Crippen MR) is 215 cm³/mol. The summed E-state index contributed by atoms with van der Waals surface area (Å²) in [5.74, 6) is 2.16. The van der Waals surface area contributed by atoms with E-state index < -0.39 is 47.7 Å². The lowest BCUT2D eigenvalue weighted by atomic mass is 9.97. The van der Waals surface area contributed by atoms with Crippen LogP contribution in [0.2, 0.25) is 0 Å². The molecular formula is C43H37N5O10. The summed E-state index contributed by atoms with van der Waals surface area (Å²) >= 11 is 0. The molecular weight excluding hydrogens is 746 g/mol. The zero-order valence-corrected chi connectivity index (χ0v) is 31.9. The van der Waals surface area contributed by atoms with Crippen molar-refractivity contribution in [3.63, 3.8) is 0 Å². The summed E-state index contributed by atoms with van der Waals surface area (Å²) in [4.78, 5) is 87.7. The zero-order chi connectivity index (χ0) is 41.1. The van der Waals surface area contributed by atoms with Gasteiger partial charge in [0.15, 0.2) is 11.3 Å². The van der Waals surface area contributed by atoms with Gasteiger partial charge in [0.1, 0.15) is 35.6 Å². The van der Waals surface area contributed by atoms with Gasteiger partial charge >= 0.3 is 11.4 Å². The normalized spacial score (nSPS) is 11.3. The Balaban J connectivity index is 1.58. The molecule has 58 heavy (non-hydrogen) atoms. The molecule has 0 saturated heterocycles. The highest BCUT2D eigenvalue weighted by molar-refractivity contribution is 5.89. The highest BCUT2D eigenvalue weighted by Crippen LogP contribution is 2.30. The number of carbonyl (C=O) groups is 2. The molecule has 0 bridgehead atoms. The molecule has 7 aromatic rings. The lowest BCUT2D eigenvalue weighted by Gasteiger charge is -2.24. The Labute approximate surface area is 329 Å². The van der Waals surface area contributed by atoms with E-state index in [-0.39, 0.29) is 22.1 Å². The lowest BCUT2D eigenvalue weighted by molar-refractivity contribution is -0.109. The molecule has 4 aromatic carbocycles. The summed E-state index contributed by atoms with van der Waals surface area (Å²) in [7, 11) is 6.05. The van der Waals surface area contributed by atoms with Gasteiger partial charge in [-0.3, -0.25) is 18.7 Å². The number of hydrogen-bond acceptors (Lipinski definition) is 11. The van der Waals surface area contributed by atoms with E-state index >= 15 is 0 Å². The first-order valence-corrected chi connectivity index (χ1v) is 18.0. The Morgan fingerprint density at radius 3 is 1.00 bits per heavy atom. The third-order valence-electron chi connectivity index (χ3n) is 10.0. The van der Waals surface area contributed by atoms with Crippen LogP contribution in [0.5, 0.6) is 23.0 Å². The Hall–Kier alpha value is -7.55. The molecule has 0 saturated carbocycles. The van der Waals surface area contributed by atoms with Crippen LogP contribution in [0, 0.1) is 0 Å². The van der Waals surface area contributed by atoms with E-state index in [0.717, 1.165) is 18.3 Å². The van der Waals surface area contributed by atoms with Crippen molar-refractivity contribution in [3.05, 3.63) is 167 Å². The summed E-state index contributed by atoms with van der Waals surface area (Å²) in [6, 6.07) is 26.4. The van der Waals surface area contributed by atoms with E-state index in [9.17, 15) is 28.8 Å². The SMILES string of the molecule is COc1ccc(C(c2ccc(OC)cc2)n2c(=O)c3cc4c(=O)n(C(c5ccc(OC)cc5)c5ccc(OC)cc5)c(=O)n(CC=O)c4nc3n(CC=O)c2=O)cc1. The number of hydrogen-bond donors (Lipinski definition) is 0. The fourth-order valence-electron chi connectivity index (χ4n) is 7.15. The number of aromatic nitrogens is 5. The second-order valence-electron chi connectivity index (χ2n) is 13.1. The van der Waals surface area contributed by atoms with Crippen molar-refractivity contribution in [2.24, 2.45) is 0 Å². The minimum absolute atomic E-state index is 0.189. The van der Waals surface area contributed by atoms with E-state index in [1.165, 1.54) is 34.5 Å². The third kappa shape index (κ3) is 6.82. The van der Waals surface area contributed by atoms with Gasteiger partial charge in [-0.05, 0) is 76.9 Å². The number of rotatable bonds is 14. The maximum Gasteiger partial charge on any atom is 0.333 e. The lowest BCUT2D eigenvalue weighted by Crippen LogP contribution is -2.45. The Kier molecular flexibility index (Phi) is 10.9. The van der Waals surface area contributed by atoms with Crippen molar-refractivity contribution in [3.8, 4) is 23.0 Å². The average Bonchev–Trinajstić information content (AvgIpc) is 3.26. The van der Waals surface area contributed by atoms with Crippen LogP contribution >= 0.6 is 0 Å². The van der Waals surface area contributed by atoms with Crippen LogP contribution in [0.25, 0.3) is 22.1 Å². The van der Waals surface area contributed by atoms with E-state index in [2.05, 4.69) is 4.98 Å². The number of ether oxygens (including phenoxy) is 4. The summed E-state index contributed by atoms with van der Waals surface area (Å²) in [5.41, 5.74) is -1.82. The van der Waals surface area contributed by atoms with Crippen molar-refractivity contribution in [1.29, 1.82) is 0 Å². The van der Waals surface area contributed by atoms with E-state index in [1.807, 2.05) is 0 Å². The molecule has 0 N–H and O–H groups in total. The minimum atomic E-state index is -1.04. The quantitative estimate of drug-likeness (QED) is 0.116. The minimum Gasteiger partial charge on any atom is -0.497 e. The van der Waals surface area contributed by atoms with Crippen molar-refractivity contribution in [2.75, 3.05) is 28.4 Å². The van der Waals surface area contributed by atoms with Crippen LogP contribution in [-0.4, -0.2) is 64.3 Å². The zero-order valence-electron chi connectivity index (χ0n) is 31.9. The molecule has 294 valence electrons. The highest BCUT2D eigenvalue weighted by Gasteiger charge is 2.28. The van der Waals surface area contributed by atoms with Gasteiger partial charge < -0.3 is 28.5 Å². The summed E-state index contributed by atoms with van der Waals surface area (Å²) in [5, 5.41) is -0.377. The standard InChI is InChI=1S/C43H37N5O10/c1-55-30-13-5-26(6-14-30)36(27-7-15-31(56-2)16-8-27)47-40(51)34-25-35-39(44-38(34)45(21-23-49)42(47)53)46(22-24-50)43(54)48(41(35)52)37(28-9-17-32(57-3)18-10-28)29-11-19-33(58-4)20-12-29/h5-20,23-25,36-37H,21-22H2,1-4H3. The second-order valence-corrected chi connectivity index (χ2v) is 13.1. The summed E-state index contributed by atoms with van der Waals surface area (Å²) in [6.07, 6.45) is 0.949. The van der Waals surface area contributed by atoms with Gasteiger partial charge in [-0.25, -0.2) is 23.7 Å². The van der Waals surface area contributed by atoms with E-state index in [1.54, 1.807) is 97.1 Å². The Morgan fingerprint density at radius 1 is 0.483 bits per heavy atom. The summed E-state index contributed by atoms with van der Waals surface area (Å²) < 4.78 is 25.4. The first-order chi connectivity index (χ1) is 28.2. The molecule has 0 aliphatic carbocycles. The molecule has 0 amide bonds. The first-order valence-electron chi connectivity index (χ1n) is 18.0. The van der Waals surface area contributed by atoms with Crippen LogP contribution in [0.15, 0.2) is 122 Å². The van der Waals surface area contributed by atoms with Gasteiger partial charge in [-0.15, -0.1) is 0 Å². The number of nitrogens with zero attached hydrogens (tertiary/aromatic N) is 5. The molecule has 15 heteroatoms. The molecule has 0 fully saturated rings. The van der Waals surface area contributed by atoms with Gasteiger partial charge in [-0.2, -0.15) is 0 Å². The molecule has 15 nitrogen and oxygen atoms in total. The number of fused-ring (bicyclic) bond motifs is 2. The average molecular weight is 784 g/mol.